The summed E-state index contributed by atoms with van der Waals surface area (Å²) in [7, 11) is 0. The number of pyridine rings is 1. The Balaban J connectivity index is 2.29. The molecule has 1 aromatic rings. The summed E-state index contributed by atoms with van der Waals surface area (Å²) in [6.07, 6.45) is 8.68. The van der Waals surface area contributed by atoms with Gasteiger partial charge in [0.1, 0.15) is 17.8 Å². The summed E-state index contributed by atoms with van der Waals surface area (Å²) in [4.78, 5) is 28.5. The van der Waals surface area contributed by atoms with Crippen molar-refractivity contribution in [2.24, 2.45) is 5.92 Å². The molecule has 0 fully saturated rings. The number of ether oxygens (including phenoxy) is 2. The van der Waals surface area contributed by atoms with Crippen LogP contribution >= 0.6 is 0 Å². The van der Waals surface area contributed by atoms with Gasteiger partial charge in [-0.3, -0.25) is 14.6 Å². The maximum absolute atomic E-state index is 12.5. The molecule has 7 nitrogen and oxygen atoms in total. The predicted molar refractivity (Wildman–Crippen MR) is 130 cm³/mol. The Labute approximate surface area is 202 Å². The normalized spacial score (nSPS) is 31.1. The van der Waals surface area contributed by atoms with E-state index < -0.39 is 35.9 Å². The van der Waals surface area contributed by atoms with Gasteiger partial charge in [0.15, 0.2) is 0 Å². The molecule has 0 aliphatic carbocycles. The van der Waals surface area contributed by atoms with Crippen LogP contribution in [0.5, 0.6) is 0 Å². The molecule has 0 saturated heterocycles. The van der Waals surface area contributed by atoms with Crippen LogP contribution in [0.4, 0.5) is 0 Å². The van der Waals surface area contributed by atoms with Crippen molar-refractivity contribution in [1.29, 1.82) is 0 Å². The lowest BCUT2D eigenvalue weighted by Crippen LogP contribution is -2.42. The summed E-state index contributed by atoms with van der Waals surface area (Å²) < 4.78 is 11.1. The minimum absolute atomic E-state index is 0.114. The van der Waals surface area contributed by atoms with Crippen molar-refractivity contribution in [3.8, 4) is 0 Å². The lowest BCUT2D eigenvalue weighted by Gasteiger charge is -2.32. The first-order chi connectivity index (χ1) is 16.0. The van der Waals surface area contributed by atoms with E-state index in [1.165, 1.54) is 6.92 Å². The molecule has 2 N–H and O–H groups in total. The van der Waals surface area contributed by atoms with Crippen LogP contribution in [0.2, 0.25) is 0 Å². The molecule has 1 aliphatic heterocycles. The van der Waals surface area contributed by atoms with E-state index in [-0.39, 0.29) is 31.1 Å². The Hall–Kier alpha value is -2.77. The van der Waals surface area contributed by atoms with Crippen LogP contribution in [0.3, 0.4) is 0 Å². The Kier molecular flexibility index (Phi) is 10.2. The van der Waals surface area contributed by atoms with Crippen molar-refractivity contribution in [1.82, 2.24) is 4.98 Å². The SMILES string of the molecule is CC(=O)O[C@H]1/C=C/[C@H](C)[C@@H](/C(C)=C/C=C/C(C)c2ccccn2)OC(=O)C[C@@H](O)CC[C@]1(C)O. The molecule has 2 rings (SSSR count). The fourth-order valence-electron chi connectivity index (χ4n) is 3.84. The summed E-state index contributed by atoms with van der Waals surface area (Å²) in [6, 6.07) is 5.78. The zero-order valence-corrected chi connectivity index (χ0v) is 20.7. The number of hydrogen-bond acceptors (Lipinski definition) is 7. The number of aromatic nitrogens is 1. The van der Waals surface area contributed by atoms with Gasteiger partial charge in [-0.25, -0.2) is 0 Å². The van der Waals surface area contributed by atoms with E-state index in [0.717, 1.165) is 11.3 Å². The minimum Gasteiger partial charge on any atom is -0.457 e. The van der Waals surface area contributed by atoms with Crippen LogP contribution in [0.25, 0.3) is 0 Å². The van der Waals surface area contributed by atoms with Gasteiger partial charge in [0, 0.05) is 30.7 Å². The van der Waals surface area contributed by atoms with Gasteiger partial charge >= 0.3 is 11.9 Å². The Morgan fingerprint density at radius 2 is 2.06 bits per heavy atom. The van der Waals surface area contributed by atoms with Crippen molar-refractivity contribution >= 4 is 11.9 Å². The summed E-state index contributed by atoms with van der Waals surface area (Å²) in [5.41, 5.74) is 0.380. The Bertz CT molecular complexity index is 905. The van der Waals surface area contributed by atoms with Crippen molar-refractivity contribution in [3.63, 3.8) is 0 Å². The quantitative estimate of drug-likeness (QED) is 0.379. The first-order valence-electron chi connectivity index (χ1n) is 11.7. The van der Waals surface area contributed by atoms with Gasteiger partial charge < -0.3 is 19.7 Å². The first-order valence-corrected chi connectivity index (χ1v) is 11.7. The van der Waals surface area contributed by atoms with E-state index in [0.29, 0.717) is 0 Å². The third-order valence-corrected chi connectivity index (χ3v) is 5.98. The molecule has 0 amide bonds. The second-order valence-corrected chi connectivity index (χ2v) is 9.28. The predicted octanol–water partition coefficient (Wildman–Crippen LogP) is 4.02. The average Bonchev–Trinajstić information content (AvgIpc) is 2.78. The molecular formula is C27H37NO6. The molecule has 1 unspecified atom stereocenters. The number of aliphatic hydroxyl groups excluding tert-OH is 1. The number of allylic oxidation sites excluding steroid dienone is 3. The molecule has 1 aromatic heterocycles. The third kappa shape index (κ3) is 8.54. The number of hydrogen-bond donors (Lipinski definition) is 2. The number of esters is 2. The van der Waals surface area contributed by atoms with Crippen LogP contribution in [-0.4, -0.2) is 51.0 Å². The summed E-state index contributed by atoms with van der Waals surface area (Å²) in [5, 5.41) is 21.2. The Morgan fingerprint density at radius 1 is 1.32 bits per heavy atom. The number of carbonyl (C=O) groups excluding carboxylic acids is 2. The van der Waals surface area contributed by atoms with Crippen LogP contribution in [0.1, 0.15) is 65.5 Å². The number of nitrogens with zero attached hydrogens (tertiary/aromatic N) is 1. The van der Waals surface area contributed by atoms with E-state index in [1.807, 2.05) is 57.2 Å². The minimum atomic E-state index is -1.39. The molecule has 0 saturated carbocycles. The number of cyclic esters (lactones) is 1. The largest absolute Gasteiger partial charge is 0.457 e. The highest BCUT2D eigenvalue weighted by Crippen LogP contribution is 2.27. The monoisotopic (exact) mass is 471 g/mol. The fourth-order valence-corrected chi connectivity index (χ4v) is 3.84. The molecule has 0 radical (unpaired) electrons. The van der Waals surface area contributed by atoms with Crippen LogP contribution < -0.4 is 0 Å². The molecule has 2 heterocycles. The number of rotatable bonds is 5. The summed E-state index contributed by atoms with van der Waals surface area (Å²) >= 11 is 0. The van der Waals surface area contributed by atoms with Gasteiger partial charge in [0.25, 0.3) is 0 Å². The van der Waals surface area contributed by atoms with E-state index in [9.17, 15) is 19.8 Å². The number of carbonyl (C=O) groups is 2. The smallest absolute Gasteiger partial charge is 0.309 e. The lowest BCUT2D eigenvalue weighted by molar-refractivity contribution is -0.157. The second-order valence-electron chi connectivity index (χ2n) is 9.28. The van der Waals surface area contributed by atoms with Gasteiger partial charge in [-0.1, -0.05) is 44.2 Å². The van der Waals surface area contributed by atoms with Gasteiger partial charge in [-0.2, -0.15) is 0 Å². The van der Waals surface area contributed by atoms with E-state index in [2.05, 4.69) is 4.98 Å². The maximum atomic E-state index is 12.5. The topological polar surface area (TPSA) is 106 Å². The molecule has 7 heteroatoms. The molecular weight excluding hydrogens is 434 g/mol. The first kappa shape index (κ1) is 27.5. The van der Waals surface area contributed by atoms with Crippen LogP contribution in [0, 0.1) is 5.92 Å². The molecule has 6 atom stereocenters. The van der Waals surface area contributed by atoms with Crippen molar-refractivity contribution in [3.05, 3.63) is 66.0 Å². The summed E-state index contributed by atoms with van der Waals surface area (Å²) in [5.74, 6) is -1.18. The third-order valence-electron chi connectivity index (χ3n) is 5.98. The van der Waals surface area contributed by atoms with Crippen molar-refractivity contribution < 1.29 is 29.3 Å². The van der Waals surface area contributed by atoms with E-state index in [4.69, 9.17) is 9.47 Å². The van der Waals surface area contributed by atoms with Gasteiger partial charge in [0.05, 0.1) is 12.5 Å². The second kappa shape index (κ2) is 12.6. The highest BCUT2D eigenvalue weighted by atomic mass is 16.6. The number of aliphatic hydroxyl groups is 2. The lowest BCUT2D eigenvalue weighted by atomic mass is 9.88. The highest BCUT2D eigenvalue weighted by molar-refractivity contribution is 5.70. The van der Waals surface area contributed by atoms with Gasteiger partial charge in [0.2, 0.25) is 0 Å². The van der Waals surface area contributed by atoms with Crippen LogP contribution in [-0.2, 0) is 19.1 Å². The zero-order valence-electron chi connectivity index (χ0n) is 20.7. The van der Waals surface area contributed by atoms with Crippen molar-refractivity contribution in [2.75, 3.05) is 0 Å². The maximum Gasteiger partial charge on any atom is 0.309 e. The van der Waals surface area contributed by atoms with E-state index in [1.54, 1.807) is 25.3 Å². The summed E-state index contributed by atoms with van der Waals surface area (Å²) in [6.45, 7) is 8.65. The zero-order chi connectivity index (χ0) is 25.3. The Morgan fingerprint density at radius 3 is 2.71 bits per heavy atom. The van der Waals surface area contributed by atoms with Crippen LogP contribution in [0.15, 0.2) is 60.3 Å². The molecule has 0 aromatic carbocycles. The molecule has 0 bridgehead atoms. The molecule has 0 spiro atoms. The molecule has 186 valence electrons. The van der Waals surface area contributed by atoms with Gasteiger partial charge in [-0.05, 0) is 50.5 Å². The van der Waals surface area contributed by atoms with E-state index >= 15 is 0 Å². The van der Waals surface area contributed by atoms with Crippen molar-refractivity contribution in [2.45, 2.75) is 83.7 Å². The van der Waals surface area contributed by atoms with Gasteiger partial charge in [-0.15, -0.1) is 0 Å². The average molecular weight is 472 g/mol. The highest BCUT2D eigenvalue weighted by Gasteiger charge is 2.34. The standard InChI is InChI=1S/C27H37NO6/c1-18(23-11-6-7-16-28-23)9-8-10-19(2)26-20(3)12-13-24(33-21(4)29)27(5,32)15-14-22(30)17-25(31)34-26/h6-13,16,18,20,22,24,26,30,32H,14-15,17H2,1-5H3/b9-8+,13-12+,19-10+/t18?,20-,22-,24-,26+,27-/m0/s1. The molecule has 34 heavy (non-hydrogen) atoms. The fraction of sp³-hybridized carbons (Fsp3) is 0.519. The molecule has 1 aliphatic rings.